The number of hydrogen-bond acceptors (Lipinski definition) is 4. The number of alkyl halides is 1. The summed E-state index contributed by atoms with van der Waals surface area (Å²) in [4.78, 5) is 9.60. The largest absolute Gasteiger partial charge is 1.00 e. The smallest absolute Gasteiger partial charge is 0.225 e. The molecule has 0 aliphatic heterocycles. The van der Waals surface area contributed by atoms with Gasteiger partial charge in [-0.3, -0.25) is 4.39 Å². The van der Waals surface area contributed by atoms with Crippen LogP contribution in [-0.4, -0.2) is 16.6 Å². The molecule has 0 atom stereocenters. The zero-order valence-electron chi connectivity index (χ0n) is 12.0. The Labute approximate surface area is 140 Å². The van der Waals surface area contributed by atoms with Crippen molar-refractivity contribution in [3.8, 4) is 0 Å². The second-order valence-electron chi connectivity index (χ2n) is 4.35. The fraction of sp³-hybridized carbons (Fsp3) is 0.462. The first-order valence-electron chi connectivity index (χ1n) is 6.28. The molecule has 2 heterocycles. The van der Waals surface area contributed by atoms with Crippen molar-refractivity contribution in [2.45, 2.75) is 33.2 Å². The van der Waals surface area contributed by atoms with Crippen molar-refractivity contribution in [2.75, 3.05) is 12.4 Å². The van der Waals surface area contributed by atoms with Gasteiger partial charge in [-0.25, -0.2) is 9.97 Å². The summed E-state index contributed by atoms with van der Waals surface area (Å²) in [7, 11) is 0. The Morgan fingerprint density at radius 2 is 2.14 bits per heavy atom. The molecule has 0 saturated carbocycles. The second kappa shape index (κ2) is 9.12. The van der Waals surface area contributed by atoms with Crippen LogP contribution >= 0.6 is 23.7 Å². The lowest BCUT2D eigenvalue weighted by Crippen LogP contribution is -3.00. The maximum Gasteiger partial charge on any atom is 0.225 e. The number of aryl methyl sites for hydroxylation is 2. The summed E-state index contributed by atoms with van der Waals surface area (Å²) < 4.78 is 14.5. The number of aromatic nitrogens is 3. The third-order valence-electron chi connectivity index (χ3n) is 3.08. The quantitative estimate of drug-likeness (QED) is 0.721. The molecule has 0 aliphatic rings. The summed E-state index contributed by atoms with van der Waals surface area (Å²) >= 11 is 1.57. The molecular weight excluding hydrogens is 334 g/mol. The number of halogens is 3. The highest BCUT2D eigenvalue weighted by Crippen LogP contribution is 2.14. The third-order valence-corrected chi connectivity index (χ3v) is 4.23. The summed E-state index contributed by atoms with van der Waals surface area (Å²) in [6.07, 6.45) is 3.03. The molecule has 118 valence electrons. The fourth-order valence-electron chi connectivity index (χ4n) is 1.87. The minimum absolute atomic E-state index is 0. The zero-order chi connectivity index (χ0) is 13.8. The molecule has 0 bridgehead atoms. The molecule has 0 spiro atoms. The average molecular weight is 353 g/mol. The second-order valence-corrected chi connectivity index (χ2v) is 5.29. The number of nitrogens with two attached hydrogens (primary N) is 1. The van der Waals surface area contributed by atoms with Crippen LogP contribution in [0.25, 0.3) is 0 Å². The van der Waals surface area contributed by atoms with Crippen molar-refractivity contribution in [1.82, 2.24) is 9.97 Å². The maximum absolute atomic E-state index is 12.4. The Bertz CT molecular complexity index is 577. The van der Waals surface area contributed by atoms with E-state index in [1.807, 2.05) is 19.4 Å². The average Bonchev–Trinajstić information content (AvgIpc) is 2.74. The zero-order valence-corrected chi connectivity index (χ0v) is 14.4. The number of hydrogen-bond donors (Lipinski definition) is 1. The summed E-state index contributed by atoms with van der Waals surface area (Å²) in [6, 6.07) is 0. The Hall–Kier alpha value is -0.980. The molecule has 0 saturated heterocycles. The molecule has 8 heteroatoms. The van der Waals surface area contributed by atoms with Gasteiger partial charge in [-0.05, 0) is 0 Å². The molecule has 0 amide bonds. The van der Waals surface area contributed by atoms with E-state index in [0.717, 1.165) is 28.4 Å². The van der Waals surface area contributed by atoms with Gasteiger partial charge in [-0.15, -0.1) is 12.4 Å². The first kappa shape index (κ1) is 20.0. The highest BCUT2D eigenvalue weighted by molar-refractivity contribution is 7.09. The third kappa shape index (κ3) is 4.76. The molecule has 2 N–H and O–H groups in total. The van der Waals surface area contributed by atoms with Gasteiger partial charge < -0.3 is 18.1 Å². The van der Waals surface area contributed by atoms with Crippen molar-refractivity contribution in [3.63, 3.8) is 0 Å². The maximum atomic E-state index is 12.4. The van der Waals surface area contributed by atoms with Crippen molar-refractivity contribution in [1.29, 1.82) is 0 Å². The number of nitrogens with zero attached hydrogens (tertiary/aromatic N) is 3. The minimum atomic E-state index is -0.322. The molecular formula is C13H19Cl2FN4S. The molecule has 0 aromatic carbocycles. The number of anilines is 1. The highest BCUT2D eigenvalue weighted by Gasteiger charge is 2.17. The molecule has 4 nitrogen and oxygen atoms in total. The van der Waals surface area contributed by atoms with Crippen molar-refractivity contribution in [2.24, 2.45) is 0 Å². The molecule has 21 heavy (non-hydrogen) atoms. The van der Waals surface area contributed by atoms with Crippen LogP contribution in [0.15, 0.2) is 11.7 Å². The summed E-state index contributed by atoms with van der Waals surface area (Å²) in [6.45, 7) is 4.30. The van der Waals surface area contributed by atoms with E-state index in [-0.39, 0.29) is 31.5 Å². The first-order chi connectivity index (χ1) is 9.15. The van der Waals surface area contributed by atoms with Gasteiger partial charge in [-0.2, -0.15) is 4.57 Å². The lowest BCUT2D eigenvalue weighted by molar-refractivity contribution is -0.689. The molecule has 0 radical (unpaired) electrons. The summed E-state index contributed by atoms with van der Waals surface area (Å²) in [5.74, 6) is 1.28. The molecule has 0 fully saturated rings. The SMILES string of the molecule is CCc1ncc(C[n+]2csc(CCF)c2C)c(N)n1.Cl.[Cl-]. The van der Waals surface area contributed by atoms with E-state index in [1.165, 1.54) is 0 Å². The Morgan fingerprint density at radius 1 is 1.43 bits per heavy atom. The van der Waals surface area contributed by atoms with Gasteiger partial charge in [0.2, 0.25) is 5.51 Å². The Kier molecular flexibility index (Phi) is 8.70. The normalized spacial score (nSPS) is 9.86. The first-order valence-corrected chi connectivity index (χ1v) is 7.16. The molecule has 2 aromatic rings. The number of thiazole rings is 1. The molecule has 2 aromatic heterocycles. The standard InChI is InChI=1S/C13H18FN4S.2ClH/c1-3-12-16-6-10(13(15)17-12)7-18-8-19-11(4-5-14)9(18)2;;/h6,8H,3-5,7H2,1-2H3,(H2,15,16,17);2*1H/q+1;;/p-1. The van der Waals surface area contributed by atoms with Gasteiger partial charge in [0.25, 0.3) is 0 Å². The van der Waals surface area contributed by atoms with Gasteiger partial charge in [-0.1, -0.05) is 18.3 Å². The van der Waals surface area contributed by atoms with Gasteiger partial charge >= 0.3 is 0 Å². The van der Waals surface area contributed by atoms with Crippen LogP contribution in [0.3, 0.4) is 0 Å². The Morgan fingerprint density at radius 3 is 2.71 bits per heavy atom. The summed E-state index contributed by atoms with van der Waals surface area (Å²) in [5.41, 5.74) is 9.92. The van der Waals surface area contributed by atoms with E-state index in [4.69, 9.17) is 5.73 Å². The van der Waals surface area contributed by atoms with Gasteiger partial charge in [0, 0.05) is 26.0 Å². The fourth-order valence-corrected chi connectivity index (χ4v) is 2.84. The van der Waals surface area contributed by atoms with Crippen LogP contribution in [0.2, 0.25) is 0 Å². The molecule has 0 aliphatic carbocycles. The predicted molar refractivity (Wildman–Crippen MR) is 81.1 cm³/mol. The van der Waals surface area contributed by atoms with Crippen molar-refractivity contribution < 1.29 is 21.4 Å². The van der Waals surface area contributed by atoms with E-state index in [0.29, 0.717) is 18.8 Å². The highest BCUT2D eigenvalue weighted by atomic mass is 35.5. The topological polar surface area (TPSA) is 55.7 Å². The van der Waals surface area contributed by atoms with Crippen LogP contribution in [0, 0.1) is 6.92 Å². The summed E-state index contributed by atoms with van der Waals surface area (Å²) in [5, 5.41) is 0. The predicted octanol–water partition coefficient (Wildman–Crippen LogP) is -0.735. The van der Waals surface area contributed by atoms with Crippen LogP contribution in [-0.2, 0) is 19.4 Å². The van der Waals surface area contributed by atoms with E-state index >= 15 is 0 Å². The van der Waals surface area contributed by atoms with Gasteiger partial charge in [0.15, 0.2) is 12.2 Å². The lowest BCUT2D eigenvalue weighted by atomic mass is 10.2. The van der Waals surface area contributed by atoms with Gasteiger partial charge in [0.05, 0.1) is 17.1 Å². The van der Waals surface area contributed by atoms with E-state index in [2.05, 4.69) is 14.5 Å². The number of nitrogen functional groups attached to an aromatic ring is 1. The van der Waals surface area contributed by atoms with Gasteiger partial charge in [0.1, 0.15) is 11.6 Å². The lowest BCUT2D eigenvalue weighted by Gasteiger charge is -2.03. The Balaban J connectivity index is 0.00000200. The van der Waals surface area contributed by atoms with Crippen LogP contribution < -0.4 is 22.7 Å². The van der Waals surface area contributed by atoms with Crippen molar-refractivity contribution >= 4 is 29.6 Å². The van der Waals surface area contributed by atoms with Crippen LogP contribution in [0.4, 0.5) is 10.2 Å². The van der Waals surface area contributed by atoms with Crippen LogP contribution in [0.1, 0.15) is 28.9 Å². The van der Waals surface area contributed by atoms with Crippen molar-refractivity contribution in [3.05, 3.63) is 33.7 Å². The van der Waals surface area contributed by atoms with E-state index in [9.17, 15) is 4.39 Å². The molecule has 0 unspecified atom stereocenters. The number of rotatable bonds is 5. The van der Waals surface area contributed by atoms with E-state index < -0.39 is 0 Å². The van der Waals surface area contributed by atoms with Crippen LogP contribution in [0.5, 0.6) is 0 Å². The minimum Gasteiger partial charge on any atom is -1.00 e. The van der Waals surface area contributed by atoms with E-state index in [1.54, 1.807) is 17.5 Å². The monoisotopic (exact) mass is 352 g/mol. The molecule has 2 rings (SSSR count).